The van der Waals surface area contributed by atoms with Crippen LogP contribution in [0.4, 0.5) is 0 Å². The predicted molar refractivity (Wildman–Crippen MR) is 62.2 cm³/mol. The Kier molecular flexibility index (Phi) is 3.79. The van der Waals surface area contributed by atoms with Crippen molar-refractivity contribution < 1.29 is 8.42 Å². The molecule has 4 nitrogen and oxygen atoms in total. The van der Waals surface area contributed by atoms with Gasteiger partial charge in [-0.25, -0.2) is 13.1 Å². The summed E-state index contributed by atoms with van der Waals surface area (Å²) in [6.07, 6.45) is 0.948. The highest BCUT2D eigenvalue weighted by atomic mass is 32.2. The highest BCUT2D eigenvalue weighted by Gasteiger charge is 2.47. The third kappa shape index (κ3) is 4.49. The second kappa shape index (κ2) is 4.39. The van der Waals surface area contributed by atoms with Crippen molar-refractivity contribution in [2.75, 3.05) is 12.3 Å². The summed E-state index contributed by atoms with van der Waals surface area (Å²) < 4.78 is 25.9. The van der Waals surface area contributed by atoms with Gasteiger partial charge in [0, 0.05) is 18.6 Å². The van der Waals surface area contributed by atoms with Crippen LogP contribution in [0.5, 0.6) is 0 Å². The van der Waals surface area contributed by atoms with E-state index in [2.05, 4.69) is 23.9 Å². The molecule has 1 atom stereocenters. The summed E-state index contributed by atoms with van der Waals surface area (Å²) in [5.41, 5.74) is 0.151. The topological polar surface area (TPSA) is 58.2 Å². The largest absolute Gasteiger partial charge is 0.313 e. The van der Waals surface area contributed by atoms with Gasteiger partial charge >= 0.3 is 0 Å². The summed E-state index contributed by atoms with van der Waals surface area (Å²) in [6.45, 7) is 8.67. The van der Waals surface area contributed by atoms with Crippen LogP contribution in [0.15, 0.2) is 0 Å². The lowest BCUT2D eigenvalue weighted by Gasteiger charge is -2.10. The SMILES string of the molecule is CC(C)NCCS(=O)(=O)NC1CC1(C)C. The molecule has 1 unspecified atom stereocenters. The summed E-state index contributed by atoms with van der Waals surface area (Å²) in [6, 6.07) is 0.471. The van der Waals surface area contributed by atoms with Crippen LogP contribution in [-0.2, 0) is 10.0 Å². The molecule has 0 radical (unpaired) electrons. The Balaban J connectivity index is 2.28. The first-order valence-electron chi connectivity index (χ1n) is 5.46. The monoisotopic (exact) mass is 234 g/mol. The molecule has 0 saturated heterocycles. The van der Waals surface area contributed by atoms with Crippen LogP contribution in [-0.4, -0.2) is 32.8 Å². The molecule has 90 valence electrons. The molecule has 5 heteroatoms. The first-order chi connectivity index (χ1) is 6.73. The number of hydrogen-bond acceptors (Lipinski definition) is 3. The van der Waals surface area contributed by atoms with E-state index in [-0.39, 0.29) is 17.2 Å². The average molecular weight is 234 g/mol. The quantitative estimate of drug-likeness (QED) is 0.711. The lowest BCUT2D eigenvalue weighted by molar-refractivity contribution is 0.547. The maximum absolute atomic E-state index is 11.6. The normalized spacial score (nSPS) is 24.5. The van der Waals surface area contributed by atoms with Crippen molar-refractivity contribution in [2.45, 2.75) is 46.2 Å². The lowest BCUT2D eigenvalue weighted by atomic mass is 10.2. The third-order valence-electron chi connectivity index (χ3n) is 2.76. The van der Waals surface area contributed by atoms with Crippen molar-refractivity contribution in [1.82, 2.24) is 10.0 Å². The fourth-order valence-electron chi connectivity index (χ4n) is 1.43. The maximum atomic E-state index is 11.6. The van der Waals surface area contributed by atoms with Crippen LogP contribution < -0.4 is 10.0 Å². The summed E-state index contributed by atoms with van der Waals surface area (Å²) in [7, 11) is -3.10. The van der Waals surface area contributed by atoms with Gasteiger partial charge in [0.05, 0.1) is 5.75 Å². The fraction of sp³-hybridized carbons (Fsp3) is 1.00. The average Bonchev–Trinajstić information content (AvgIpc) is 2.55. The number of hydrogen-bond donors (Lipinski definition) is 2. The van der Waals surface area contributed by atoms with E-state index in [9.17, 15) is 8.42 Å². The van der Waals surface area contributed by atoms with E-state index in [0.717, 1.165) is 6.42 Å². The van der Waals surface area contributed by atoms with Crippen molar-refractivity contribution in [3.8, 4) is 0 Å². The summed E-state index contributed by atoms with van der Waals surface area (Å²) in [4.78, 5) is 0. The van der Waals surface area contributed by atoms with E-state index in [1.54, 1.807) is 0 Å². The molecule has 0 aromatic rings. The van der Waals surface area contributed by atoms with Gasteiger partial charge < -0.3 is 5.32 Å². The van der Waals surface area contributed by atoms with Crippen molar-refractivity contribution >= 4 is 10.0 Å². The van der Waals surface area contributed by atoms with E-state index >= 15 is 0 Å². The van der Waals surface area contributed by atoms with Crippen LogP contribution >= 0.6 is 0 Å². The minimum atomic E-state index is -3.10. The van der Waals surface area contributed by atoms with Crippen LogP contribution in [0.25, 0.3) is 0 Å². The molecule has 0 aromatic heterocycles. The summed E-state index contributed by atoms with van der Waals surface area (Å²) in [5, 5.41) is 3.10. The molecule has 0 aromatic carbocycles. The van der Waals surface area contributed by atoms with E-state index < -0.39 is 10.0 Å². The molecule has 15 heavy (non-hydrogen) atoms. The molecule has 1 rings (SSSR count). The van der Waals surface area contributed by atoms with Crippen LogP contribution in [0.1, 0.15) is 34.1 Å². The zero-order valence-corrected chi connectivity index (χ0v) is 10.8. The summed E-state index contributed by atoms with van der Waals surface area (Å²) in [5.74, 6) is 0.164. The van der Waals surface area contributed by atoms with Gasteiger partial charge in [0.1, 0.15) is 0 Å². The third-order valence-corrected chi connectivity index (χ3v) is 4.14. The predicted octanol–water partition coefficient (Wildman–Crippen LogP) is 0.702. The fourth-order valence-corrected chi connectivity index (χ4v) is 2.77. The van der Waals surface area contributed by atoms with Gasteiger partial charge in [-0.3, -0.25) is 0 Å². The van der Waals surface area contributed by atoms with Gasteiger partial charge in [0.25, 0.3) is 0 Å². The second-order valence-electron chi connectivity index (χ2n) is 5.29. The smallest absolute Gasteiger partial charge is 0.213 e. The molecular weight excluding hydrogens is 212 g/mol. The Morgan fingerprint density at radius 3 is 2.33 bits per heavy atom. The van der Waals surface area contributed by atoms with Gasteiger partial charge in [0.15, 0.2) is 0 Å². The first-order valence-corrected chi connectivity index (χ1v) is 7.11. The molecule has 0 amide bonds. The zero-order chi connectivity index (χ0) is 11.7. The number of rotatable bonds is 6. The van der Waals surface area contributed by atoms with Crippen molar-refractivity contribution in [3.05, 3.63) is 0 Å². The van der Waals surface area contributed by atoms with E-state index in [4.69, 9.17) is 0 Å². The Hall–Kier alpha value is -0.130. The van der Waals surface area contributed by atoms with Crippen LogP contribution in [0.2, 0.25) is 0 Å². The highest BCUT2D eigenvalue weighted by Crippen LogP contribution is 2.44. The van der Waals surface area contributed by atoms with E-state index in [1.807, 2.05) is 13.8 Å². The molecule has 0 bridgehead atoms. The second-order valence-corrected chi connectivity index (χ2v) is 7.16. The Morgan fingerprint density at radius 2 is 1.93 bits per heavy atom. The Labute approximate surface area is 92.9 Å². The molecular formula is C10H22N2O2S. The van der Waals surface area contributed by atoms with Gasteiger partial charge in [-0.15, -0.1) is 0 Å². The minimum absolute atomic E-state index is 0.140. The minimum Gasteiger partial charge on any atom is -0.313 e. The molecule has 1 saturated carbocycles. The molecule has 0 heterocycles. The van der Waals surface area contributed by atoms with Crippen molar-refractivity contribution in [3.63, 3.8) is 0 Å². The molecule has 1 fully saturated rings. The van der Waals surface area contributed by atoms with Gasteiger partial charge in [-0.2, -0.15) is 0 Å². The van der Waals surface area contributed by atoms with Crippen LogP contribution in [0, 0.1) is 5.41 Å². The van der Waals surface area contributed by atoms with Crippen molar-refractivity contribution in [2.24, 2.45) is 5.41 Å². The molecule has 2 N–H and O–H groups in total. The molecule has 1 aliphatic rings. The number of nitrogens with one attached hydrogen (secondary N) is 2. The Morgan fingerprint density at radius 1 is 1.40 bits per heavy atom. The van der Waals surface area contributed by atoms with Gasteiger partial charge in [-0.05, 0) is 11.8 Å². The standard InChI is InChI=1S/C10H22N2O2S/c1-8(2)11-5-6-15(13,14)12-9-7-10(9,3)4/h8-9,11-12H,5-7H2,1-4H3. The van der Waals surface area contributed by atoms with Gasteiger partial charge in [-0.1, -0.05) is 27.7 Å². The lowest BCUT2D eigenvalue weighted by Crippen LogP contribution is -2.36. The van der Waals surface area contributed by atoms with Crippen molar-refractivity contribution in [1.29, 1.82) is 0 Å². The molecule has 0 spiro atoms. The highest BCUT2D eigenvalue weighted by molar-refractivity contribution is 7.89. The zero-order valence-electron chi connectivity index (χ0n) is 10.0. The maximum Gasteiger partial charge on any atom is 0.213 e. The number of sulfonamides is 1. The Bertz CT molecular complexity index is 309. The van der Waals surface area contributed by atoms with Gasteiger partial charge in [0.2, 0.25) is 10.0 Å². The van der Waals surface area contributed by atoms with Crippen LogP contribution in [0.3, 0.4) is 0 Å². The molecule has 1 aliphatic carbocycles. The van der Waals surface area contributed by atoms with E-state index in [1.165, 1.54) is 0 Å². The molecule has 0 aliphatic heterocycles. The first kappa shape index (κ1) is 12.9. The summed E-state index contributed by atoms with van der Waals surface area (Å²) >= 11 is 0. The van der Waals surface area contributed by atoms with E-state index in [0.29, 0.717) is 12.6 Å².